The van der Waals surface area contributed by atoms with Crippen LogP contribution in [0.5, 0.6) is 11.5 Å². The predicted molar refractivity (Wildman–Crippen MR) is 154 cm³/mol. The van der Waals surface area contributed by atoms with E-state index in [1.807, 2.05) is 24.3 Å². The molecule has 1 fully saturated rings. The molecule has 11 nitrogen and oxygen atoms in total. The topological polar surface area (TPSA) is 119 Å². The molecule has 0 bridgehead atoms. The highest BCUT2D eigenvalue weighted by atomic mass is 16.5. The minimum atomic E-state index is -0.804. The number of ether oxygens (including phenoxy) is 2. The molecule has 41 heavy (non-hydrogen) atoms. The molecule has 0 radical (unpaired) electrons. The molecule has 2 aromatic carbocycles. The number of hydrogen-bond acceptors (Lipinski definition) is 9. The van der Waals surface area contributed by atoms with Gasteiger partial charge in [0.05, 0.1) is 44.1 Å². The van der Waals surface area contributed by atoms with E-state index in [2.05, 4.69) is 9.80 Å². The maximum absolute atomic E-state index is 12.9. The lowest BCUT2D eigenvalue weighted by Gasteiger charge is -2.36. The van der Waals surface area contributed by atoms with Gasteiger partial charge in [-0.25, -0.2) is 4.79 Å². The van der Waals surface area contributed by atoms with Crippen molar-refractivity contribution in [1.82, 2.24) is 14.0 Å². The molecule has 1 N–H and O–H groups in total. The predicted octanol–water partition coefficient (Wildman–Crippen LogP) is 2.56. The molecular formula is C30H34N4O7. The summed E-state index contributed by atoms with van der Waals surface area (Å²) in [7, 11) is 6.27. The van der Waals surface area contributed by atoms with E-state index in [4.69, 9.17) is 13.9 Å². The fraction of sp³-hybridized carbons (Fsp3) is 0.367. The number of hydrogen-bond donors (Lipinski definition) is 1. The van der Waals surface area contributed by atoms with Crippen LogP contribution in [-0.2, 0) is 30.2 Å². The Morgan fingerprint density at radius 3 is 2.29 bits per heavy atom. The van der Waals surface area contributed by atoms with Crippen molar-refractivity contribution in [1.29, 1.82) is 0 Å². The van der Waals surface area contributed by atoms with E-state index in [0.717, 1.165) is 37.6 Å². The minimum Gasteiger partial charge on any atom is -0.502 e. The van der Waals surface area contributed by atoms with Crippen molar-refractivity contribution in [2.45, 2.75) is 18.9 Å². The number of esters is 1. The van der Waals surface area contributed by atoms with Gasteiger partial charge in [0.1, 0.15) is 11.5 Å². The van der Waals surface area contributed by atoms with Crippen molar-refractivity contribution in [3.63, 3.8) is 0 Å². The van der Waals surface area contributed by atoms with E-state index in [0.29, 0.717) is 28.9 Å². The van der Waals surface area contributed by atoms with Gasteiger partial charge in [0.25, 0.3) is 0 Å². The average molecular weight is 563 g/mol. The molecule has 11 heteroatoms. The number of anilines is 1. The third-order valence-corrected chi connectivity index (χ3v) is 7.80. The van der Waals surface area contributed by atoms with Gasteiger partial charge in [-0.2, -0.15) is 0 Å². The number of aryl methyl sites for hydroxylation is 2. The maximum Gasteiger partial charge on any atom is 0.328 e. The quantitative estimate of drug-likeness (QED) is 0.323. The van der Waals surface area contributed by atoms with Gasteiger partial charge >= 0.3 is 11.7 Å². The number of rotatable bonds is 8. The molecule has 0 aliphatic carbocycles. The molecular weight excluding hydrogens is 528 g/mol. The molecule has 3 heterocycles. The van der Waals surface area contributed by atoms with Crippen LogP contribution in [0.1, 0.15) is 29.4 Å². The third-order valence-electron chi connectivity index (χ3n) is 7.80. The Morgan fingerprint density at radius 1 is 0.951 bits per heavy atom. The van der Waals surface area contributed by atoms with E-state index in [-0.39, 0.29) is 17.9 Å². The molecule has 0 amide bonds. The van der Waals surface area contributed by atoms with E-state index in [1.165, 1.54) is 22.3 Å². The number of carbonyl (C=O) groups excluding carboxylic acids is 1. The number of nitrogens with zero attached hydrogens (tertiary/aromatic N) is 4. The number of imidazole rings is 1. The summed E-state index contributed by atoms with van der Waals surface area (Å²) in [6, 6.07) is 14.6. The Morgan fingerprint density at radius 2 is 1.63 bits per heavy atom. The summed E-state index contributed by atoms with van der Waals surface area (Å²) in [5.74, 6) is -0.683. The highest BCUT2D eigenvalue weighted by Gasteiger charge is 2.28. The van der Waals surface area contributed by atoms with Crippen molar-refractivity contribution in [3.8, 4) is 11.5 Å². The number of aromatic nitrogens is 2. The lowest BCUT2D eigenvalue weighted by atomic mass is 9.91. The number of aromatic hydroxyl groups is 1. The van der Waals surface area contributed by atoms with Crippen LogP contribution in [0.4, 0.5) is 5.69 Å². The third kappa shape index (κ3) is 5.58. The van der Waals surface area contributed by atoms with Crippen LogP contribution in [0.2, 0.25) is 0 Å². The number of benzene rings is 2. The Labute approximate surface area is 236 Å². The first-order valence-electron chi connectivity index (χ1n) is 13.4. The molecule has 2 aromatic heterocycles. The van der Waals surface area contributed by atoms with Gasteiger partial charge in [-0.15, -0.1) is 0 Å². The molecule has 216 valence electrons. The van der Waals surface area contributed by atoms with Crippen LogP contribution in [0.3, 0.4) is 0 Å². The van der Waals surface area contributed by atoms with Crippen molar-refractivity contribution < 1.29 is 23.8 Å². The second-order valence-electron chi connectivity index (χ2n) is 10.2. The van der Waals surface area contributed by atoms with Gasteiger partial charge in [-0.3, -0.25) is 23.6 Å². The first kappa shape index (κ1) is 28.0. The van der Waals surface area contributed by atoms with Crippen molar-refractivity contribution in [2.75, 3.05) is 45.3 Å². The Hall–Kier alpha value is -4.51. The zero-order valence-electron chi connectivity index (χ0n) is 23.6. The van der Waals surface area contributed by atoms with E-state index in [1.54, 1.807) is 39.4 Å². The van der Waals surface area contributed by atoms with E-state index >= 15 is 0 Å². The van der Waals surface area contributed by atoms with Crippen LogP contribution >= 0.6 is 0 Å². The zero-order chi connectivity index (χ0) is 29.3. The molecule has 1 atom stereocenters. The monoisotopic (exact) mass is 562 g/mol. The second kappa shape index (κ2) is 11.5. The Balaban J connectivity index is 1.41. The molecule has 4 aromatic rings. The fourth-order valence-corrected chi connectivity index (χ4v) is 5.40. The normalized spacial score (nSPS) is 14.8. The van der Waals surface area contributed by atoms with Gasteiger partial charge in [-0.05, 0) is 42.0 Å². The van der Waals surface area contributed by atoms with Gasteiger partial charge in [-0.1, -0.05) is 6.07 Å². The largest absolute Gasteiger partial charge is 0.502 e. The fourth-order valence-electron chi connectivity index (χ4n) is 5.40. The Bertz CT molecular complexity index is 1680. The van der Waals surface area contributed by atoms with Crippen LogP contribution < -0.4 is 20.8 Å². The maximum atomic E-state index is 12.9. The molecule has 0 unspecified atom stereocenters. The van der Waals surface area contributed by atoms with Crippen LogP contribution in [-0.4, -0.2) is 65.5 Å². The first-order valence-corrected chi connectivity index (χ1v) is 13.4. The van der Waals surface area contributed by atoms with Gasteiger partial charge < -0.3 is 23.9 Å². The molecule has 1 aliphatic rings. The van der Waals surface area contributed by atoms with Gasteiger partial charge in [0.15, 0.2) is 5.76 Å². The summed E-state index contributed by atoms with van der Waals surface area (Å²) in [4.78, 5) is 42.3. The van der Waals surface area contributed by atoms with Crippen LogP contribution in [0.25, 0.3) is 11.0 Å². The average Bonchev–Trinajstić information content (AvgIpc) is 3.21. The molecule has 0 spiro atoms. The zero-order valence-corrected chi connectivity index (χ0v) is 23.6. The number of fused-ring (bicyclic) bond motifs is 1. The minimum absolute atomic E-state index is 0.00458. The number of carbonyl (C=O) groups is 1. The highest BCUT2D eigenvalue weighted by molar-refractivity contribution is 5.78. The van der Waals surface area contributed by atoms with Crippen molar-refractivity contribution in [3.05, 3.63) is 86.3 Å². The van der Waals surface area contributed by atoms with Crippen LogP contribution in [0.15, 0.2) is 62.5 Å². The molecule has 1 saturated heterocycles. The summed E-state index contributed by atoms with van der Waals surface area (Å²) in [5.41, 5.74) is 2.31. The first-order chi connectivity index (χ1) is 19.7. The van der Waals surface area contributed by atoms with Gasteiger partial charge in [0.2, 0.25) is 11.2 Å². The SMILES string of the molecule is COC(=O)C[C@H](c1ccc2c(c1)n(C)c(=O)n2C)c1oc(CN2CCN(c3ccc(OC)cc3)CC2)cc(=O)c1O. The smallest absolute Gasteiger partial charge is 0.328 e. The number of methoxy groups -OCH3 is 2. The summed E-state index contributed by atoms with van der Waals surface area (Å²) in [5, 5.41) is 10.8. The standard InChI is InChI=1S/C30H34N4O7/c1-31-24-10-5-19(15-25(24)32(2)30(31)38)23(17-27(36)40-4)29-28(37)26(35)16-22(41-29)18-33-11-13-34(14-12-33)20-6-8-21(39-3)9-7-20/h5-10,15-16,23,37H,11-14,17-18H2,1-4H3/t23-/m1/s1. The second-order valence-corrected chi connectivity index (χ2v) is 10.2. The lowest BCUT2D eigenvalue weighted by molar-refractivity contribution is -0.140. The van der Waals surface area contributed by atoms with Crippen molar-refractivity contribution >= 4 is 22.7 Å². The highest BCUT2D eigenvalue weighted by Crippen LogP contribution is 2.35. The summed E-state index contributed by atoms with van der Waals surface area (Å²) < 4.78 is 19.4. The summed E-state index contributed by atoms with van der Waals surface area (Å²) >= 11 is 0. The Kier molecular flexibility index (Phi) is 7.89. The molecule has 1 aliphatic heterocycles. The summed E-state index contributed by atoms with van der Waals surface area (Å²) in [6.45, 7) is 3.45. The van der Waals surface area contributed by atoms with E-state index < -0.39 is 23.1 Å². The van der Waals surface area contributed by atoms with Crippen molar-refractivity contribution in [2.24, 2.45) is 14.1 Å². The van der Waals surface area contributed by atoms with Crippen LogP contribution in [0, 0.1) is 0 Å². The molecule has 0 saturated carbocycles. The van der Waals surface area contributed by atoms with Gasteiger partial charge in [0, 0.05) is 52.0 Å². The lowest BCUT2D eigenvalue weighted by Crippen LogP contribution is -2.46. The number of piperazine rings is 1. The molecule has 5 rings (SSSR count). The van der Waals surface area contributed by atoms with E-state index in [9.17, 15) is 19.5 Å². The summed E-state index contributed by atoms with van der Waals surface area (Å²) in [6.07, 6.45) is -0.163.